The lowest BCUT2D eigenvalue weighted by Gasteiger charge is -2.32. The third kappa shape index (κ3) is 7.86. The van der Waals surface area contributed by atoms with Crippen molar-refractivity contribution in [2.24, 2.45) is 23.7 Å². The number of allylic oxidation sites excluding steroid dienone is 1. The van der Waals surface area contributed by atoms with Crippen molar-refractivity contribution in [2.45, 2.75) is 38.3 Å². The van der Waals surface area contributed by atoms with Gasteiger partial charge in [-0.15, -0.1) is 0 Å². The smallest absolute Gasteiger partial charge is 0.416 e. The number of aromatic nitrogens is 1. The van der Waals surface area contributed by atoms with E-state index in [2.05, 4.69) is 11.6 Å². The maximum absolute atomic E-state index is 13.6. The van der Waals surface area contributed by atoms with Gasteiger partial charge in [0.1, 0.15) is 5.82 Å². The van der Waals surface area contributed by atoms with Gasteiger partial charge in [0.05, 0.1) is 35.5 Å². The largest absolute Gasteiger partial charge is 0.481 e. The zero-order chi connectivity index (χ0) is 33.1. The first-order chi connectivity index (χ1) is 21.1. The molecule has 1 aromatic heterocycles. The summed E-state index contributed by atoms with van der Waals surface area (Å²) in [6.07, 6.45) is -6.71. The van der Waals surface area contributed by atoms with E-state index in [0.29, 0.717) is 60.2 Å². The van der Waals surface area contributed by atoms with Crippen molar-refractivity contribution in [3.8, 4) is 0 Å². The number of carbonyl (C=O) groups is 1. The number of benzene rings is 2. The Hall–Kier alpha value is -4.75. The van der Waals surface area contributed by atoms with E-state index in [0.717, 1.165) is 0 Å². The molecule has 0 atom stereocenters. The van der Waals surface area contributed by atoms with Gasteiger partial charge in [0, 0.05) is 44.0 Å². The molecule has 0 bridgehead atoms. The molecule has 0 unspecified atom stereocenters. The fraction of sp³-hybridized carbons (Fsp3) is 0.323. The Kier molecular flexibility index (Phi) is 9.64. The number of halogens is 6. The second-order valence-electron chi connectivity index (χ2n) is 10.7. The number of nitrogens with zero attached hydrogens (tertiary/aromatic N) is 4. The minimum atomic E-state index is -5.03. The quantitative estimate of drug-likeness (QED) is 0.231. The molecule has 1 saturated heterocycles. The van der Waals surface area contributed by atoms with Gasteiger partial charge in [-0.05, 0) is 54.1 Å². The van der Waals surface area contributed by atoms with Crippen LogP contribution in [0.2, 0.25) is 0 Å². The van der Waals surface area contributed by atoms with Gasteiger partial charge in [-0.25, -0.2) is 4.99 Å². The lowest BCUT2D eigenvalue weighted by Crippen LogP contribution is -2.36. The number of aliphatic imine (C=N–C) groups is 1. The Labute approximate surface area is 254 Å². The topological polar surface area (TPSA) is 104 Å². The minimum Gasteiger partial charge on any atom is -0.481 e. The number of carboxylic acids is 1. The van der Waals surface area contributed by atoms with Crippen LogP contribution in [0.25, 0.3) is 10.8 Å². The van der Waals surface area contributed by atoms with E-state index in [-0.39, 0.29) is 29.6 Å². The molecule has 0 spiro atoms. The molecule has 0 amide bonds. The van der Waals surface area contributed by atoms with E-state index in [4.69, 9.17) is 5.73 Å². The van der Waals surface area contributed by atoms with Gasteiger partial charge in [-0.3, -0.25) is 9.59 Å². The summed E-state index contributed by atoms with van der Waals surface area (Å²) in [5.41, 5.74) is 3.08. The number of alkyl halides is 6. The molecule has 1 fully saturated rings. The third-order valence-corrected chi connectivity index (χ3v) is 7.71. The number of aliphatic carboxylic acids is 1. The number of rotatable bonds is 9. The summed E-state index contributed by atoms with van der Waals surface area (Å²) in [5, 5.41) is 10.3. The first-order valence-electron chi connectivity index (χ1n) is 13.8. The molecule has 8 nitrogen and oxygen atoms in total. The van der Waals surface area contributed by atoms with Crippen LogP contribution in [0.3, 0.4) is 0 Å². The van der Waals surface area contributed by atoms with E-state index in [1.54, 1.807) is 30.3 Å². The second-order valence-corrected chi connectivity index (χ2v) is 10.7. The zero-order valence-electron chi connectivity index (χ0n) is 24.2. The monoisotopic (exact) mass is 635 g/mol. The van der Waals surface area contributed by atoms with E-state index in [1.807, 2.05) is 4.90 Å². The summed E-state index contributed by atoms with van der Waals surface area (Å²) < 4.78 is 83.0. The lowest BCUT2D eigenvalue weighted by molar-refractivity contribution is -0.144. The standard InChI is InChI=1S/C31H31F6N5O3/c1-19(39-16-26(15-38)41-9-7-21(8-10-41)29(44)45)42(18-25-13-22-5-3-4-6-27(22)28(43)40(25)2)17-20-11-23(30(32,33)34)14-24(12-20)31(35,36)37/h3-6,11-16,21H,1,7-10,17-18,38H2,2H3,(H,44,45)/b26-15+,39-16-. The zero-order valence-corrected chi connectivity index (χ0v) is 24.2. The van der Waals surface area contributed by atoms with Gasteiger partial charge in [-0.1, -0.05) is 24.8 Å². The summed E-state index contributed by atoms with van der Waals surface area (Å²) in [5.74, 6) is -1.41. The first-order valence-corrected chi connectivity index (χ1v) is 13.8. The molecule has 1 aliphatic heterocycles. The Balaban J connectivity index is 1.71. The molecular weight excluding hydrogens is 604 g/mol. The van der Waals surface area contributed by atoms with E-state index in [1.165, 1.54) is 28.9 Å². The Morgan fingerprint density at radius 3 is 2.20 bits per heavy atom. The molecule has 14 heteroatoms. The molecule has 45 heavy (non-hydrogen) atoms. The normalized spacial score (nSPS) is 15.2. The number of carboxylic acid groups (broad SMARTS) is 1. The Morgan fingerprint density at radius 2 is 1.64 bits per heavy atom. The highest BCUT2D eigenvalue weighted by Crippen LogP contribution is 2.37. The van der Waals surface area contributed by atoms with Crippen LogP contribution in [0.5, 0.6) is 0 Å². The number of piperidine rings is 1. The SMILES string of the molecule is C=C(/N=C\C(=C/N)N1CCC(C(=O)O)CC1)N(Cc1cc(C(F)(F)F)cc(C(F)(F)F)c1)Cc1cc2ccccc2c(=O)n1C. The van der Waals surface area contributed by atoms with Crippen LogP contribution >= 0.6 is 0 Å². The highest BCUT2D eigenvalue weighted by Gasteiger charge is 2.37. The number of fused-ring (bicyclic) bond motifs is 1. The van der Waals surface area contributed by atoms with Crippen molar-refractivity contribution in [3.63, 3.8) is 0 Å². The van der Waals surface area contributed by atoms with E-state index < -0.39 is 41.9 Å². The molecule has 3 N–H and O–H groups in total. The van der Waals surface area contributed by atoms with E-state index in [9.17, 15) is 41.0 Å². The van der Waals surface area contributed by atoms with Crippen LogP contribution in [0, 0.1) is 5.92 Å². The van der Waals surface area contributed by atoms with Gasteiger partial charge in [0.15, 0.2) is 0 Å². The molecule has 0 radical (unpaired) electrons. The molecule has 0 saturated carbocycles. The van der Waals surface area contributed by atoms with Gasteiger partial charge < -0.3 is 25.2 Å². The van der Waals surface area contributed by atoms with E-state index >= 15 is 0 Å². The number of likely N-dealkylation sites (tertiary alicyclic amines) is 1. The van der Waals surface area contributed by atoms with Crippen LogP contribution in [-0.2, 0) is 37.3 Å². The Morgan fingerprint density at radius 1 is 1.04 bits per heavy atom. The third-order valence-electron chi connectivity index (χ3n) is 7.71. The molecule has 2 heterocycles. The molecule has 4 rings (SSSR count). The fourth-order valence-electron chi connectivity index (χ4n) is 5.16. The van der Waals surface area contributed by atoms with Crippen molar-refractivity contribution in [1.29, 1.82) is 0 Å². The number of nitrogens with two attached hydrogens (primary N) is 1. The van der Waals surface area contributed by atoms with Crippen molar-refractivity contribution in [3.05, 3.63) is 106 Å². The predicted molar refractivity (Wildman–Crippen MR) is 157 cm³/mol. The van der Waals surface area contributed by atoms with Crippen molar-refractivity contribution >= 4 is 23.0 Å². The van der Waals surface area contributed by atoms with Crippen molar-refractivity contribution in [1.82, 2.24) is 14.4 Å². The summed E-state index contributed by atoms with van der Waals surface area (Å²) in [6, 6.07) is 9.81. The predicted octanol–water partition coefficient (Wildman–Crippen LogP) is 5.72. The molecule has 3 aromatic rings. The van der Waals surface area contributed by atoms with Crippen LogP contribution in [0.1, 0.15) is 35.2 Å². The number of pyridine rings is 1. The molecule has 0 aliphatic carbocycles. The maximum Gasteiger partial charge on any atom is 0.416 e. The summed E-state index contributed by atoms with van der Waals surface area (Å²) in [7, 11) is 1.51. The minimum absolute atomic E-state index is 0.0265. The van der Waals surface area contributed by atoms with Gasteiger partial charge >= 0.3 is 18.3 Å². The lowest BCUT2D eigenvalue weighted by atomic mass is 9.97. The summed E-state index contributed by atoms with van der Waals surface area (Å²) >= 11 is 0. The average molecular weight is 636 g/mol. The highest BCUT2D eigenvalue weighted by atomic mass is 19.4. The number of hydrogen-bond donors (Lipinski definition) is 2. The van der Waals surface area contributed by atoms with Gasteiger partial charge in [0.25, 0.3) is 5.56 Å². The molecule has 1 aliphatic rings. The van der Waals surface area contributed by atoms with Crippen LogP contribution in [0.15, 0.2) is 82.6 Å². The Bertz CT molecular complexity index is 1670. The second kappa shape index (κ2) is 13.1. The summed E-state index contributed by atoms with van der Waals surface area (Å²) in [6.45, 7) is 4.08. The van der Waals surface area contributed by atoms with Crippen LogP contribution in [0.4, 0.5) is 26.3 Å². The number of hydrogen-bond acceptors (Lipinski definition) is 6. The fourth-order valence-corrected chi connectivity index (χ4v) is 5.16. The summed E-state index contributed by atoms with van der Waals surface area (Å²) in [4.78, 5) is 31.9. The molecule has 240 valence electrons. The molecular formula is C31H31F6N5O3. The maximum atomic E-state index is 13.6. The molecule has 2 aromatic carbocycles. The van der Waals surface area contributed by atoms with Gasteiger partial charge in [0.2, 0.25) is 0 Å². The van der Waals surface area contributed by atoms with Crippen LogP contribution < -0.4 is 11.3 Å². The van der Waals surface area contributed by atoms with Crippen LogP contribution in [-0.4, -0.2) is 44.7 Å². The first kappa shape index (κ1) is 33.1. The van der Waals surface area contributed by atoms with Crippen molar-refractivity contribution in [2.75, 3.05) is 13.1 Å². The van der Waals surface area contributed by atoms with Crippen molar-refractivity contribution < 1.29 is 36.2 Å². The van der Waals surface area contributed by atoms with Gasteiger partial charge in [-0.2, -0.15) is 26.3 Å². The average Bonchev–Trinajstić information content (AvgIpc) is 2.98. The highest BCUT2D eigenvalue weighted by molar-refractivity contribution is 5.82.